The lowest BCUT2D eigenvalue weighted by molar-refractivity contribution is 0.102. The molecule has 3 rings (SSSR count). The normalized spacial score (nSPS) is 18.5. The van der Waals surface area contributed by atoms with Crippen molar-refractivity contribution in [3.05, 3.63) is 47.7 Å². The second-order valence-electron chi connectivity index (χ2n) is 6.45. The molecule has 1 atom stereocenters. The molecule has 2 heterocycles. The number of rotatable bonds is 5. The largest absolute Gasteiger partial charge is 0.354 e. The molecule has 7 nitrogen and oxygen atoms in total. The second kappa shape index (κ2) is 7.41. The van der Waals surface area contributed by atoms with Crippen LogP contribution in [0.5, 0.6) is 0 Å². The standard InChI is InChI=1S/C18H22N4O3S/c1-3-13-4-6-14(7-5-13)19-18(23)16-8-9-17(21-20-16)22(2)15-10-11-26(24,25)12-15/h4-9,15H,3,10-12H2,1-2H3,(H,19,23). The molecule has 0 aliphatic carbocycles. The van der Waals surface area contributed by atoms with Crippen LogP contribution in [0.25, 0.3) is 0 Å². The molecule has 0 saturated carbocycles. The molecule has 1 N–H and O–H groups in total. The van der Waals surface area contributed by atoms with Gasteiger partial charge in [-0.05, 0) is 42.7 Å². The van der Waals surface area contributed by atoms with Crippen LogP contribution in [0.15, 0.2) is 36.4 Å². The molecule has 1 amide bonds. The van der Waals surface area contributed by atoms with E-state index in [9.17, 15) is 13.2 Å². The van der Waals surface area contributed by atoms with Gasteiger partial charge in [-0.25, -0.2) is 8.42 Å². The fraction of sp³-hybridized carbons (Fsp3) is 0.389. The summed E-state index contributed by atoms with van der Waals surface area (Å²) in [5, 5.41) is 10.9. The average molecular weight is 374 g/mol. The maximum absolute atomic E-state index is 12.3. The van der Waals surface area contributed by atoms with Gasteiger partial charge in [0.05, 0.1) is 11.5 Å². The molecule has 0 radical (unpaired) electrons. The van der Waals surface area contributed by atoms with Gasteiger partial charge in [0.2, 0.25) is 0 Å². The lowest BCUT2D eigenvalue weighted by atomic mass is 10.1. The molecular formula is C18H22N4O3S. The molecule has 2 aromatic rings. The highest BCUT2D eigenvalue weighted by Gasteiger charge is 2.31. The van der Waals surface area contributed by atoms with E-state index < -0.39 is 9.84 Å². The summed E-state index contributed by atoms with van der Waals surface area (Å²) in [6.45, 7) is 2.07. The van der Waals surface area contributed by atoms with E-state index in [1.54, 1.807) is 19.2 Å². The first-order valence-electron chi connectivity index (χ1n) is 8.55. The number of aryl methyl sites for hydroxylation is 1. The van der Waals surface area contributed by atoms with Crippen LogP contribution < -0.4 is 10.2 Å². The molecular weight excluding hydrogens is 352 g/mol. The number of nitrogens with one attached hydrogen (secondary N) is 1. The van der Waals surface area contributed by atoms with Gasteiger partial charge in [0.25, 0.3) is 5.91 Å². The first-order valence-corrected chi connectivity index (χ1v) is 10.4. The third kappa shape index (κ3) is 4.19. The summed E-state index contributed by atoms with van der Waals surface area (Å²) < 4.78 is 23.2. The molecule has 138 valence electrons. The molecule has 1 unspecified atom stereocenters. The zero-order chi connectivity index (χ0) is 18.7. The van der Waals surface area contributed by atoms with E-state index in [4.69, 9.17) is 0 Å². The van der Waals surface area contributed by atoms with Gasteiger partial charge in [0.1, 0.15) is 0 Å². The van der Waals surface area contributed by atoms with Crippen LogP contribution in [-0.4, -0.2) is 49.1 Å². The van der Waals surface area contributed by atoms with Crippen molar-refractivity contribution < 1.29 is 13.2 Å². The Labute approximate surface area is 153 Å². The number of nitrogens with zero attached hydrogens (tertiary/aromatic N) is 3. The van der Waals surface area contributed by atoms with Crippen molar-refractivity contribution in [3.8, 4) is 0 Å². The summed E-state index contributed by atoms with van der Waals surface area (Å²) in [6, 6.07) is 10.8. The average Bonchev–Trinajstić information content (AvgIpc) is 3.01. The number of carbonyl (C=O) groups excluding carboxylic acids is 1. The van der Waals surface area contributed by atoms with Gasteiger partial charge in [-0.1, -0.05) is 19.1 Å². The summed E-state index contributed by atoms with van der Waals surface area (Å²) >= 11 is 0. The zero-order valence-corrected chi connectivity index (χ0v) is 15.7. The summed E-state index contributed by atoms with van der Waals surface area (Å²) in [6.07, 6.45) is 1.52. The number of hydrogen-bond donors (Lipinski definition) is 1. The first-order chi connectivity index (χ1) is 12.4. The Morgan fingerprint density at radius 3 is 2.46 bits per heavy atom. The van der Waals surface area contributed by atoms with Gasteiger partial charge in [-0.3, -0.25) is 4.79 Å². The lowest BCUT2D eigenvalue weighted by Crippen LogP contribution is -2.33. The van der Waals surface area contributed by atoms with Crippen LogP contribution in [0.3, 0.4) is 0 Å². The summed E-state index contributed by atoms with van der Waals surface area (Å²) in [5.74, 6) is 0.545. The van der Waals surface area contributed by atoms with E-state index in [0.29, 0.717) is 17.9 Å². The van der Waals surface area contributed by atoms with Crippen molar-refractivity contribution in [3.63, 3.8) is 0 Å². The first kappa shape index (κ1) is 18.3. The quantitative estimate of drug-likeness (QED) is 0.859. The highest BCUT2D eigenvalue weighted by atomic mass is 32.2. The number of benzene rings is 1. The lowest BCUT2D eigenvalue weighted by Gasteiger charge is -2.23. The Hall–Kier alpha value is -2.48. The van der Waals surface area contributed by atoms with Crippen LogP contribution in [-0.2, 0) is 16.3 Å². The minimum Gasteiger partial charge on any atom is -0.354 e. The van der Waals surface area contributed by atoms with Crippen LogP contribution in [0, 0.1) is 0 Å². The zero-order valence-electron chi connectivity index (χ0n) is 14.8. The maximum Gasteiger partial charge on any atom is 0.276 e. The molecule has 0 bridgehead atoms. The molecule has 1 aliphatic rings. The molecule has 1 fully saturated rings. The monoisotopic (exact) mass is 374 g/mol. The Bertz CT molecular complexity index is 880. The van der Waals surface area contributed by atoms with Crippen LogP contribution in [0.2, 0.25) is 0 Å². The predicted molar refractivity (Wildman–Crippen MR) is 101 cm³/mol. The number of carbonyl (C=O) groups is 1. The van der Waals surface area contributed by atoms with Gasteiger partial charge >= 0.3 is 0 Å². The van der Waals surface area contributed by atoms with Crippen LogP contribution >= 0.6 is 0 Å². The van der Waals surface area contributed by atoms with E-state index in [2.05, 4.69) is 22.4 Å². The van der Waals surface area contributed by atoms with E-state index in [0.717, 1.165) is 6.42 Å². The molecule has 1 aliphatic heterocycles. The Morgan fingerprint density at radius 1 is 1.19 bits per heavy atom. The van der Waals surface area contributed by atoms with Gasteiger partial charge in [-0.15, -0.1) is 10.2 Å². The minimum absolute atomic E-state index is 0.106. The van der Waals surface area contributed by atoms with Gasteiger partial charge < -0.3 is 10.2 Å². The number of hydrogen-bond acceptors (Lipinski definition) is 6. The topological polar surface area (TPSA) is 92.3 Å². The van der Waals surface area contributed by atoms with Crippen molar-refractivity contribution in [2.24, 2.45) is 0 Å². The third-order valence-corrected chi connectivity index (χ3v) is 6.37. The Balaban J connectivity index is 1.65. The minimum atomic E-state index is -2.96. The molecule has 0 spiro atoms. The van der Waals surface area contributed by atoms with Crippen molar-refractivity contribution in [2.45, 2.75) is 25.8 Å². The molecule has 1 saturated heterocycles. The SMILES string of the molecule is CCc1ccc(NC(=O)c2ccc(N(C)C3CCS(=O)(=O)C3)nn2)cc1. The summed E-state index contributed by atoms with van der Waals surface area (Å²) in [5.41, 5.74) is 2.11. The van der Waals surface area contributed by atoms with E-state index >= 15 is 0 Å². The van der Waals surface area contributed by atoms with Crippen LogP contribution in [0.4, 0.5) is 11.5 Å². The van der Waals surface area contributed by atoms with E-state index in [1.165, 1.54) is 5.56 Å². The van der Waals surface area contributed by atoms with Gasteiger partial charge in [0, 0.05) is 18.8 Å². The molecule has 8 heteroatoms. The molecule has 1 aromatic carbocycles. The highest BCUT2D eigenvalue weighted by molar-refractivity contribution is 7.91. The summed E-state index contributed by atoms with van der Waals surface area (Å²) in [7, 11) is -1.17. The summed E-state index contributed by atoms with van der Waals surface area (Å²) in [4.78, 5) is 14.1. The Kier molecular flexibility index (Phi) is 5.22. The van der Waals surface area contributed by atoms with E-state index in [-0.39, 0.29) is 29.1 Å². The fourth-order valence-corrected chi connectivity index (χ4v) is 4.70. The number of anilines is 2. The number of amides is 1. The van der Waals surface area contributed by atoms with E-state index in [1.807, 2.05) is 29.2 Å². The highest BCUT2D eigenvalue weighted by Crippen LogP contribution is 2.21. The van der Waals surface area contributed by atoms with Crippen molar-refractivity contribution in [2.75, 3.05) is 28.8 Å². The molecule has 26 heavy (non-hydrogen) atoms. The van der Waals surface area contributed by atoms with Gasteiger partial charge in [-0.2, -0.15) is 0 Å². The Morgan fingerprint density at radius 2 is 1.92 bits per heavy atom. The maximum atomic E-state index is 12.3. The fourth-order valence-electron chi connectivity index (χ4n) is 2.92. The molecule has 1 aromatic heterocycles. The second-order valence-corrected chi connectivity index (χ2v) is 8.68. The van der Waals surface area contributed by atoms with Crippen molar-refractivity contribution >= 4 is 27.2 Å². The van der Waals surface area contributed by atoms with Crippen molar-refractivity contribution in [1.29, 1.82) is 0 Å². The van der Waals surface area contributed by atoms with Gasteiger partial charge in [0.15, 0.2) is 21.3 Å². The third-order valence-electron chi connectivity index (χ3n) is 4.62. The number of aromatic nitrogens is 2. The predicted octanol–water partition coefficient (Wildman–Crippen LogP) is 1.91. The number of sulfone groups is 1. The smallest absolute Gasteiger partial charge is 0.276 e. The van der Waals surface area contributed by atoms with Crippen LogP contribution in [0.1, 0.15) is 29.4 Å². The van der Waals surface area contributed by atoms with Crippen molar-refractivity contribution in [1.82, 2.24) is 10.2 Å².